The number of nitrogens with two attached hydrogens (primary N) is 1. The number of Topliss-reactive ketones (excluding diaryl/α,β-unsaturated/α-hetero) is 2. The van der Waals surface area contributed by atoms with Crippen LogP contribution in [0.4, 0.5) is 5.69 Å². The first kappa shape index (κ1) is 31.3. The number of hydrogen-bond acceptors (Lipinski definition) is 10. The third kappa shape index (κ3) is 4.07. The monoisotopic (exact) mass is 657 g/mol. The molecular weight excluding hydrogens is 614 g/mol. The van der Waals surface area contributed by atoms with E-state index in [0.29, 0.717) is 23.6 Å². The largest absolute Gasteiger partial charge is 0.508 e. The fourth-order valence-electron chi connectivity index (χ4n) is 11.2. The Kier molecular flexibility index (Phi) is 6.88. The summed E-state index contributed by atoms with van der Waals surface area (Å²) in [5.74, 6) is -5.17. The van der Waals surface area contributed by atoms with Crippen LogP contribution in [0.2, 0.25) is 0 Å². The van der Waals surface area contributed by atoms with Crippen molar-refractivity contribution in [1.82, 2.24) is 4.90 Å². The summed E-state index contributed by atoms with van der Waals surface area (Å²) in [5, 5.41) is 61.5. The molecule has 0 saturated heterocycles. The highest BCUT2D eigenvalue weighted by Gasteiger charge is 2.68. The van der Waals surface area contributed by atoms with Gasteiger partial charge in [0.25, 0.3) is 5.91 Å². The predicted molar refractivity (Wildman–Crippen MR) is 175 cm³/mol. The van der Waals surface area contributed by atoms with Crippen LogP contribution in [-0.4, -0.2) is 79.7 Å². The Labute approximate surface area is 278 Å². The number of amides is 1. The summed E-state index contributed by atoms with van der Waals surface area (Å²) in [5.41, 5.74) is 4.18. The van der Waals surface area contributed by atoms with Crippen LogP contribution in [0.15, 0.2) is 52.5 Å². The zero-order valence-corrected chi connectivity index (χ0v) is 27.3. The van der Waals surface area contributed by atoms with Crippen LogP contribution in [0.25, 0.3) is 5.76 Å². The van der Waals surface area contributed by atoms with Gasteiger partial charge in [-0.15, -0.1) is 0 Å². The molecule has 1 amide bonds. The van der Waals surface area contributed by atoms with E-state index in [2.05, 4.69) is 17.5 Å². The average Bonchev–Trinajstić information content (AvgIpc) is 3.47. The molecular formula is C37H43N3O8. The number of likely N-dealkylation sites (N-methyl/N-ethyl adjacent to an activating group) is 1. The molecule has 6 atom stereocenters. The highest BCUT2D eigenvalue weighted by Crippen LogP contribution is 2.60. The van der Waals surface area contributed by atoms with Crippen molar-refractivity contribution in [2.24, 2.45) is 47.2 Å². The Morgan fingerprint density at radius 1 is 1.00 bits per heavy atom. The summed E-state index contributed by atoms with van der Waals surface area (Å²) in [7, 11) is 2.97. The van der Waals surface area contributed by atoms with Gasteiger partial charge in [0.05, 0.1) is 29.3 Å². The molecule has 0 aromatic heterocycles. The molecule has 5 saturated carbocycles. The van der Waals surface area contributed by atoms with Crippen molar-refractivity contribution in [2.75, 3.05) is 19.4 Å². The number of aliphatic hydroxyl groups excluding tert-OH is 3. The molecule has 0 aliphatic heterocycles. The van der Waals surface area contributed by atoms with E-state index in [1.54, 1.807) is 19.1 Å². The Balaban J connectivity index is 1.16. The fraction of sp³-hybridized carbons (Fsp3) is 0.541. The average molecular weight is 658 g/mol. The lowest BCUT2D eigenvalue weighted by Gasteiger charge is -2.54. The lowest BCUT2D eigenvalue weighted by molar-refractivity contribution is -0.169. The minimum Gasteiger partial charge on any atom is -0.508 e. The third-order valence-electron chi connectivity index (χ3n) is 12.9. The van der Waals surface area contributed by atoms with Crippen molar-refractivity contribution >= 4 is 28.9 Å². The number of primary amides is 1. The molecule has 0 radical (unpaired) electrons. The van der Waals surface area contributed by atoms with Gasteiger partial charge in [0.1, 0.15) is 22.8 Å². The van der Waals surface area contributed by atoms with E-state index in [0.717, 1.165) is 29.4 Å². The standard InChI is InChI=1S/C37H43N3O8/c1-14-21-6-7-22(39-20-5-4-17(13-20)24-18-9-15-8-16(11-18)12-19(24)10-15)30(41)25(21)31(42)26-23(14)32(43)28-29(40(2)3)33(44)27(36(38)47)35(46)37(28,48)34(26)45/h4,6-7,13-16,18-19,23-24,28-29,32,39,41-43,46,48H,5,8-12H2,1-3H3,(H2,38,47)/t14-,15?,16?,18?,19?,23+,24?,28+,29-,32-,37-/m0/s1. The van der Waals surface area contributed by atoms with Crippen molar-refractivity contribution in [1.29, 1.82) is 0 Å². The van der Waals surface area contributed by atoms with Crippen molar-refractivity contribution in [3.8, 4) is 5.75 Å². The Morgan fingerprint density at radius 2 is 1.65 bits per heavy atom. The maximum Gasteiger partial charge on any atom is 0.255 e. The van der Waals surface area contributed by atoms with Crippen LogP contribution in [0, 0.1) is 41.4 Å². The van der Waals surface area contributed by atoms with E-state index in [4.69, 9.17) is 5.73 Å². The summed E-state index contributed by atoms with van der Waals surface area (Å²) < 4.78 is 0. The summed E-state index contributed by atoms with van der Waals surface area (Å²) in [4.78, 5) is 41.3. The van der Waals surface area contributed by atoms with Crippen LogP contribution in [0.3, 0.4) is 0 Å². The number of rotatable bonds is 5. The maximum atomic E-state index is 14.3. The Hall–Kier alpha value is -3.93. The van der Waals surface area contributed by atoms with Crippen LogP contribution >= 0.6 is 0 Å². The number of aliphatic hydroxyl groups is 4. The summed E-state index contributed by atoms with van der Waals surface area (Å²) >= 11 is 0. The van der Waals surface area contributed by atoms with E-state index < -0.39 is 75.6 Å². The minimum absolute atomic E-state index is 0.0243. The minimum atomic E-state index is -2.94. The van der Waals surface area contributed by atoms with Gasteiger partial charge in [0.15, 0.2) is 11.4 Å². The molecule has 11 nitrogen and oxygen atoms in total. The molecule has 11 heteroatoms. The molecule has 9 rings (SSSR count). The van der Waals surface area contributed by atoms with Gasteiger partial charge in [-0.25, -0.2) is 0 Å². The number of anilines is 1. The number of hydrogen-bond donors (Lipinski definition) is 7. The van der Waals surface area contributed by atoms with Gasteiger partial charge in [-0.05, 0) is 105 Å². The lowest BCUT2D eigenvalue weighted by Crippen LogP contribution is -2.70. The second-order valence-electron chi connectivity index (χ2n) is 15.6. The van der Waals surface area contributed by atoms with E-state index in [9.17, 15) is 39.9 Å². The predicted octanol–water partition coefficient (Wildman–Crippen LogP) is 3.19. The first-order valence-electron chi connectivity index (χ1n) is 17.1. The zero-order valence-electron chi connectivity index (χ0n) is 27.3. The molecule has 5 fully saturated rings. The number of aromatic hydroxyl groups is 1. The number of phenolic OH excluding ortho intramolecular Hbond substituents is 1. The molecule has 8 N–H and O–H groups in total. The van der Waals surface area contributed by atoms with Crippen LogP contribution in [0.1, 0.15) is 62.5 Å². The number of benzene rings is 1. The lowest BCUT2D eigenvalue weighted by atomic mass is 9.50. The third-order valence-corrected chi connectivity index (χ3v) is 12.9. The highest BCUT2D eigenvalue weighted by molar-refractivity contribution is 6.24. The van der Waals surface area contributed by atoms with Gasteiger partial charge in [-0.2, -0.15) is 0 Å². The second kappa shape index (κ2) is 10.5. The fourth-order valence-corrected chi connectivity index (χ4v) is 11.2. The van der Waals surface area contributed by atoms with E-state index >= 15 is 0 Å². The SMILES string of the molecule is C[C@H]1c2ccc(NC3=CC(C4C5CC6CC(C5)CC4C6)=CC3)c(O)c2C(O)=C2C(=O)[C@]3(O)C(O)=C(C(N)=O)C(=O)[C@@H](N(C)C)[C@@H]3[C@@H](O)[C@@H]21. The normalized spacial score (nSPS) is 39.7. The molecule has 1 aromatic carbocycles. The number of ketones is 2. The first-order valence-corrected chi connectivity index (χ1v) is 17.1. The van der Waals surface area contributed by atoms with Crippen LogP contribution in [-0.2, 0) is 14.4 Å². The number of phenols is 1. The number of carbonyl (C=O) groups is 3. The molecule has 8 aliphatic rings. The van der Waals surface area contributed by atoms with Crippen LogP contribution in [0.5, 0.6) is 5.75 Å². The van der Waals surface area contributed by atoms with Gasteiger partial charge in [-0.3, -0.25) is 19.3 Å². The van der Waals surface area contributed by atoms with Gasteiger partial charge in [0.2, 0.25) is 5.78 Å². The summed E-state index contributed by atoms with van der Waals surface area (Å²) in [6, 6.07) is 2.05. The molecule has 48 heavy (non-hydrogen) atoms. The summed E-state index contributed by atoms with van der Waals surface area (Å²) in [6.07, 6.45) is 10.2. The molecule has 4 bridgehead atoms. The van der Waals surface area contributed by atoms with E-state index in [1.165, 1.54) is 56.7 Å². The highest BCUT2D eigenvalue weighted by atomic mass is 16.4. The molecule has 1 aromatic rings. The van der Waals surface area contributed by atoms with Gasteiger partial charge < -0.3 is 36.6 Å². The molecule has 254 valence electrons. The molecule has 0 unspecified atom stereocenters. The molecule has 0 spiro atoms. The zero-order chi connectivity index (χ0) is 34.1. The van der Waals surface area contributed by atoms with E-state index in [1.807, 2.05) is 0 Å². The topological polar surface area (TPSA) is 194 Å². The number of nitrogens with zero attached hydrogens (tertiary/aromatic N) is 1. The van der Waals surface area contributed by atoms with Gasteiger partial charge >= 0.3 is 0 Å². The smallest absolute Gasteiger partial charge is 0.255 e. The van der Waals surface area contributed by atoms with Crippen molar-refractivity contribution in [3.05, 3.63) is 63.6 Å². The van der Waals surface area contributed by atoms with Crippen LogP contribution < -0.4 is 11.1 Å². The first-order chi connectivity index (χ1) is 22.7. The Morgan fingerprint density at radius 3 is 2.25 bits per heavy atom. The molecule has 0 heterocycles. The Bertz CT molecular complexity index is 1780. The number of nitrogens with one attached hydrogen (secondary N) is 1. The summed E-state index contributed by atoms with van der Waals surface area (Å²) in [6.45, 7) is 1.73. The van der Waals surface area contributed by atoms with Gasteiger partial charge in [0, 0.05) is 23.6 Å². The number of fused-ring (bicyclic) bond motifs is 3. The van der Waals surface area contributed by atoms with Crippen molar-refractivity contribution < 1.29 is 39.9 Å². The van der Waals surface area contributed by atoms with Crippen molar-refractivity contribution in [2.45, 2.75) is 69.1 Å². The number of carbonyl (C=O) groups excluding carboxylic acids is 3. The van der Waals surface area contributed by atoms with Gasteiger partial charge in [-0.1, -0.05) is 19.1 Å². The van der Waals surface area contributed by atoms with Crippen molar-refractivity contribution in [3.63, 3.8) is 0 Å². The quantitative estimate of drug-likeness (QED) is 0.183. The second-order valence-corrected chi connectivity index (χ2v) is 15.6. The number of allylic oxidation sites excluding steroid dienone is 3. The van der Waals surface area contributed by atoms with E-state index in [-0.39, 0.29) is 11.3 Å². The maximum absolute atomic E-state index is 14.3. The molecule has 8 aliphatic carbocycles.